The lowest BCUT2D eigenvalue weighted by Gasteiger charge is -2.63. The van der Waals surface area contributed by atoms with E-state index >= 15 is 0 Å². The van der Waals surface area contributed by atoms with E-state index in [9.17, 15) is 29.2 Å². The molecule has 1 saturated carbocycles. The summed E-state index contributed by atoms with van der Waals surface area (Å²) in [7, 11) is 0. The summed E-state index contributed by atoms with van der Waals surface area (Å²) in [6.45, 7) is 14.2. The first-order chi connectivity index (χ1) is 27.2. The number of carbonyl (C=O) groups is 5. The van der Waals surface area contributed by atoms with Crippen molar-refractivity contribution in [2.75, 3.05) is 42.9 Å². The van der Waals surface area contributed by atoms with Crippen LogP contribution >= 0.6 is 0 Å². The number of rotatable bonds is 12. The van der Waals surface area contributed by atoms with Crippen LogP contribution in [0.4, 0.5) is 11.5 Å². The molecule has 2 saturated heterocycles. The molecule has 7 rings (SSSR count). The topological polar surface area (TPSA) is 186 Å². The molecule has 0 bridgehead atoms. The molecule has 4 heterocycles. The summed E-state index contributed by atoms with van der Waals surface area (Å²) >= 11 is 0. The average molecular weight is 775 g/mol. The summed E-state index contributed by atoms with van der Waals surface area (Å²) in [5.74, 6) is -0.155. The van der Waals surface area contributed by atoms with Crippen LogP contribution in [0.1, 0.15) is 95.6 Å². The highest BCUT2D eigenvalue weighted by atomic mass is 16.5. The van der Waals surface area contributed by atoms with Crippen LogP contribution in [0.15, 0.2) is 54.7 Å². The molecule has 14 heteroatoms. The summed E-state index contributed by atoms with van der Waals surface area (Å²) in [5.41, 5.74) is 2.55. The van der Waals surface area contributed by atoms with Crippen molar-refractivity contribution in [3.63, 3.8) is 0 Å². The molecule has 3 aromatic rings. The van der Waals surface area contributed by atoms with E-state index in [4.69, 9.17) is 4.74 Å². The number of nitrogens with zero attached hydrogens (tertiary/aromatic N) is 4. The first kappa shape index (κ1) is 39.4. The van der Waals surface area contributed by atoms with E-state index < -0.39 is 29.7 Å². The lowest BCUT2D eigenvalue weighted by molar-refractivity contribution is -0.164. The minimum atomic E-state index is -0.986. The van der Waals surface area contributed by atoms with Crippen LogP contribution in [0.2, 0.25) is 0 Å². The molecule has 0 spiro atoms. The van der Waals surface area contributed by atoms with Crippen molar-refractivity contribution in [2.24, 2.45) is 16.7 Å². The molecule has 1 aromatic heterocycles. The zero-order chi connectivity index (χ0) is 40.6. The lowest BCUT2D eigenvalue weighted by atomic mass is 9.49. The highest BCUT2D eigenvalue weighted by molar-refractivity contribution is 6.23. The van der Waals surface area contributed by atoms with E-state index in [0.29, 0.717) is 41.6 Å². The predicted molar refractivity (Wildman–Crippen MR) is 213 cm³/mol. The van der Waals surface area contributed by atoms with Gasteiger partial charge in [-0.3, -0.25) is 34.2 Å². The van der Waals surface area contributed by atoms with E-state index in [1.165, 1.54) is 0 Å². The third kappa shape index (κ3) is 7.68. The Morgan fingerprint density at radius 1 is 0.947 bits per heavy atom. The minimum Gasteiger partial charge on any atom is -0.489 e. The first-order valence-electron chi connectivity index (χ1n) is 19.7. The second kappa shape index (κ2) is 15.6. The van der Waals surface area contributed by atoms with Crippen LogP contribution in [0, 0.1) is 35.0 Å². The first-order valence-corrected chi connectivity index (χ1v) is 19.7. The Morgan fingerprint density at radius 2 is 1.68 bits per heavy atom. The number of imide groups is 2. The van der Waals surface area contributed by atoms with Gasteiger partial charge in [0, 0.05) is 61.4 Å². The third-order valence-corrected chi connectivity index (χ3v) is 12.1. The highest BCUT2D eigenvalue weighted by Gasteiger charge is 2.64. The number of benzene rings is 2. The molecule has 14 nitrogen and oxygen atoms in total. The van der Waals surface area contributed by atoms with Crippen LogP contribution in [0.3, 0.4) is 0 Å². The van der Waals surface area contributed by atoms with Gasteiger partial charge < -0.3 is 25.6 Å². The molecule has 5 amide bonds. The molecule has 1 atom stereocenters. The van der Waals surface area contributed by atoms with Gasteiger partial charge >= 0.3 is 0 Å². The summed E-state index contributed by atoms with van der Waals surface area (Å²) in [4.78, 5) is 71.3. The van der Waals surface area contributed by atoms with Gasteiger partial charge in [-0.25, -0.2) is 4.98 Å². The SMILES string of the molecule is Cc1cc(OC2C(C)(C)C(NC(=O)c3ccc(N4CCC(CNCCNc5ccc6c(c5)C(=O)N(C5CCC(=O)NC5=O)C6=O)CC4)nc3)C2(C)C)ccc1C#N. The molecule has 1 aliphatic carbocycles. The van der Waals surface area contributed by atoms with Crippen molar-refractivity contribution < 1.29 is 28.7 Å². The van der Waals surface area contributed by atoms with Crippen LogP contribution < -0.4 is 30.9 Å². The van der Waals surface area contributed by atoms with Gasteiger partial charge in [-0.2, -0.15) is 5.26 Å². The molecule has 1 unspecified atom stereocenters. The van der Waals surface area contributed by atoms with Crippen LogP contribution in [-0.4, -0.2) is 90.3 Å². The van der Waals surface area contributed by atoms with Gasteiger partial charge in [0.05, 0.1) is 28.3 Å². The summed E-state index contributed by atoms with van der Waals surface area (Å²) < 4.78 is 6.44. The average Bonchev–Trinajstić information content (AvgIpc) is 3.43. The summed E-state index contributed by atoms with van der Waals surface area (Å²) in [6.07, 6.45) is 3.73. The zero-order valence-corrected chi connectivity index (χ0v) is 33.1. The fraction of sp³-hybridized carbons (Fsp3) is 0.465. The number of ether oxygens (including phenoxy) is 1. The van der Waals surface area contributed by atoms with Gasteiger partial charge in [0.2, 0.25) is 11.8 Å². The number of carbonyl (C=O) groups excluding carboxylic acids is 5. The number of nitriles is 1. The lowest BCUT2D eigenvalue weighted by Crippen LogP contribution is -2.74. The number of aryl methyl sites for hydroxylation is 1. The van der Waals surface area contributed by atoms with Crippen molar-refractivity contribution in [1.82, 2.24) is 25.8 Å². The Bertz CT molecular complexity index is 2120. The molecule has 0 radical (unpaired) electrons. The molecule has 298 valence electrons. The van der Waals surface area contributed by atoms with Crippen molar-refractivity contribution in [3.05, 3.63) is 82.5 Å². The molecule has 3 fully saturated rings. The summed E-state index contributed by atoms with van der Waals surface area (Å²) in [6, 6.07) is 15.3. The smallest absolute Gasteiger partial charge is 0.262 e. The standard InChI is InChI=1S/C43H50N8O6/c1-25-20-30(9-6-27(25)22-44)57-41-42(2,3)40(43(41,4)5)49-36(53)28-7-12-34(47-24-28)50-18-14-26(15-19-50)23-45-16-17-46-29-8-10-31-32(21-29)39(56)51(38(31)55)33-11-13-35(52)48-37(33)54/h6-10,12,20-21,24,26,33,40-41,45-46H,11,13-19,23H2,1-5H3,(H,49,53)(H,48,52,54). The van der Waals surface area contributed by atoms with E-state index in [0.717, 1.165) is 48.8 Å². The number of nitrogens with one attached hydrogen (secondary N) is 4. The predicted octanol–water partition coefficient (Wildman–Crippen LogP) is 4.19. The van der Waals surface area contributed by atoms with E-state index in [2.05, 4.69) is 64.9 Å². The number of amides is 5. The fourth-order valence-corrected chi connectivity index (χ4v) is 9.24. The third-order valence-electron chi connectivity index (χ3n) is 12.1. The van der Waals surface area contributed by atoms with Gasteiger partial charge in [-0.1, -0.05) is 27.7 Å². The second-order valence-electron chi connectivity index (χ2n) is 16.8. The largest absolute Gasteiger partial charge is 0.489 e. The number of aromatic nitrogens is 1. The Morgan fingerprint density at radius 3 is 2.35 bits per heavy atom. The van der Waals surface area contributed by atoms with Crippen LogP contribution in [0.25, 0.3) is 0 Å². The maximum Gasteiger partial charge on any atom is 0.262 e. The summed E-state index contributed by atoms with van der Waals surface area (Å²) in [5, 5.41) is 21.6. The number of hydrogen-bond acceptors (Lipinski definition) is 11. The normalized spacial score (nSPS) is 22.6. The minimum absolute atomic E-state index is 0.0799. The van der Waals surface area contributed by atoms with Gasteiger partial charge in [-0.05, 0) is 92.7 Å². The van der Waals surface area contributed by atoms with Crippen molar-refractivity contribution in [1.29, 1.82) is 5.26 Å². The second-order valence-corrected chi connectivity index (χ2v) is 16.8. The number of piperidine rings is 2. The van der Waals surface area contributed by atoms with E-state index in [1.54, 1.807) is 30.5 Å². The van der Waals surface area contributed by atoms with Gasteiger partial charge in [0.25, 0.3) is 17.7 Å². The molecule has 57 heavy (non-hydrogen) atoms. The molecule has 4 aliphatic rings. The van der Waals surface area contributed by atoms with Gasteiger partial charge in [0.1, 0.15) is 23.7 Å². The Kier molecular flexibility index (Phi) is 10.8. The fourth-order valence-electron chi connectivity index (χ4n) is 9.24. The van der Waals surface area contributed by atoms with Crippen molar-refractivity contribution in [2.45, 2.75) is 78.5 Å². The Balaban J connectivity index is 0.826. The van der Waals surface area contributed by atoms with Crippen molar-refractivity contribution >= 4 is 41.0 Å². The highest BCUT2D eigenvalue weighted by Crippen LogP contribution is 2.55. The van der Waals surface area contributed by atoms with Gasteiger partial charge in [-0.15, -0.1) is 0 Å². The zero-order valence-electron chi connectivity index (χ0n) is 33.1. The molecule has 4 N–H and O–H groups in total. The molecule has 3 aliphatic heterocycles. The maximum atomic E-state index is 13.4. The number of fused-ring (bicyclic) bond motifs is 1. The number of pyridine rings is 1. The molecular formula is C43H50N8O6. The Hall–Kier alpha value is -5.81. The monoisotopic (exact) mass is 774 g/mol. The van der Waals surface area contributed by atoms with E-state index in [-0.39, 0.29) is 52.9 Å². The molecular weight excluding hydrogens is 725 g/mol. The van der Waals surface area contributed by atoms with Gasteiger partial charge in [0.15, 0.2) is 0 Å². The van der Waals surface area contributed by atoms with Crippen LogP contribution in [-0.2, 0) is 9.59 Å². The van der Waals surface area contributed by atoms with E-state index in [1.807, 2.05) is 31.2 Å². The quantitative estimate of drug-likeness (QED) is 0.153. The van der Waals surface area contributed by atoms with Crippen LogP contribution in [0.5, 0.6) is 5.75 Å². The maximum absolute atomic E-state index is 13.4. The number of hydrogen-bond donors (Lipinski definition) is 4. The van der Waals surface area contributed by atoms with Crippen molar-refractivity contribution in [3.8, 4) is 11.8 Å². The number of anilines is 2. The Labute approximate surface area is 332 Å². The molecule has 2 aromatic carbocycles.